The summed E-state index contributed by atoms with van der Waals surface area (Å²) in [5.41, 5.74) is 8.14. The van der Waals surface area contributed by atoms with Crippen LogP contribution in [0.1, 0.15) is 12.8 Å². The van der Waals surface area contributed by atoms with E-state index in [0.717, 1.165) is 0 Å². The summed E-state index contributed by atoms with van der Waals surface area (Å²) in [5.74, 6) is 0. The van der Waals surface area contributed by atoms with E-state index in [9.17, 15) is 8.42 Å². The van der Waals surface area contributed by atoms with E-state index in [1.807, 2.05) is 0 Å². The fourth-order valence-corrected chi connectivity index (χ4v) is 2.31. The molecule has 0 bridgehead atoms. The van der Waals surface area contributed by atoms with Gasteiger partial charge in [0.15, 0.2) is 0 Å². The van der Waals surface area contributed by atoms with Gasteiger partial charge in [0.25, 0.3) is 9.24 Å². The van der Waals surface area contributed by atoms with E-state index < -0.39 is 17.5 Å². The normalized spacial score (nSPS) is 18.4. The van der Waals surface area contributed by atoms with Gasteiger partial charge in [-0.1, -0.05) is 5.11 Å². The first-order valence-corrected chi connectivity index (χ1v) is 9.82. The maximum absolute atomic E-state index is 10.8. The number of azide groups is 1. The predicted molar refractivity (Wildman–Crippen MR) is 69.1 cm³/mol. The zero-order valence-corrected chi connectivity index (χ0v) is 12.7. The molecule has 0 N–H and O–H groups in total. The molecule has 0 aromatic rings. The van der Waals surface area contributed by atoms with Crippen molar-refractivity contribution < 1.29 is 16.8 Å². The molecule has 0 unspecified atom stereocenters. The summed E-state index contributed by atoms with van der Waals surface area (Å²) in [7, 11) is 6.35. The predicted octanol–water partition coefficient (Wildman–Crippen LogP) is 1.95. The molecule has 0 saturated carbocycles. The van der Waals surface area contributed by atoms with Crippen molar-refractivity contribution in [3.63, 3.8) is 0 Å². The highest BCUT2D eigenvalue weighted by Crippen LogP contribution is 2.18. The molecule has 18 heavy (non-hydrogen) atoms. The Morgan fingerprint density at radius 1 is 1.11 bits per heavy atom. The molecule has 8 nitrogen and oxygen atoms in total. The molecule has 106 valence electrons. The molecule has 0 radical (unpaired) electrons. The van der Waals surface area contributed by atoms with Crippen LogP contribution in [0.15, 0.2) is 5.11 Å². The van der Waals surface area contributed by atoms with Gasteiger partial charge in [-0.15, -0.1) is 0 Å². The van der Waals surface area contributed by atoms with Crippen LogP contribution in [-0.2, 0) is 17.5 Å². The molecule has 1 aliphatic rings. The summed E-state index contributed by atoms with van der Waals surface area (Å²) < 4.78 is 41.2. The van der Waals surface area contributed by atoms with Gasteiger partial charge in [0.05, 0.1) is 0 Å². The van der Waals surface area contributed by atoms with E-state index >= 15 is 0 Å². The average molecular weight is 360 g/mol. The fraction of sp³-hybridized carbons (Fsp3) is 1.00. The highest BCUT2D eigenvalue weighted by atomic mass is 36.0. The lowest BCUT2D eigenvalue weighted by Gasteiger charge is -2.26. The third kappa shape index (κ3) is 10.0. The van der Waals surface area contributed by atoms with E-state index in [1.54, 1.807) is 0 Å². The van der Waals surface area contributed by atoms with Gasteiger partial charge in [0, 0.05) is 56.1 Å². The first-order valence-electron chi connectivity index (χ1n) is 4.42. The Bertz CT molecular complexity index is 499. The molecule has 13 heteroatoms. The number of hydrogen-bond donors (Lipinski definition) is 0. The third-order valence-electron chi connectivity index (χ3n) is 1.95. The van der Waals surface area contributed by atoms with Crippen LogP contribution in [-0.4, -0.2) is 40.3 Å². The van der Waals surface area contributed by atoms with E-state index in [-0.39, 0.29) is 6.04 Å². The van der Waals surface area contributed by atoms with Crippen LogP contribution in [0.5, 0.6) is 0 Å². The highest BCUT2D eigenvalue weighted by Gasteiger charge is 2.25. The van der Waals surface area contributed by atoms with Crippen LogP contribution in [0.4, 0.5) is 0 Å². The molecular formula is C5H9Cl3N4O4S2. The molecule has 0 spiro atoms. The molecule has 1 fully saturated rings. The van der Waals surface area contributed by atoms with Crippen molar-refractivity contribution in [3.05, 3.63) is 10.4 Å². The molecule has 1 aliphatic heterocycles. The molecule has 0 aliphatic carbocycles. The second-order valence-electron chi connectivity index (χ2n) is 3.16. The van der Waals surface area contributed by atoms with Crippen LogP contribution in [0.25, 0.3) is 10.4 Å². The summed E-state index contributed by atoms with van der Waals surface area (Å²) in [6.07, 6.45) is 1.08. The minimum atomic E-state index is -3.72. The number of rotatable bonds is 2. The first-order chi connectivity index (χ1) is 8.04. The Hall–Kier alpha value is 0.0400. The van der Waals surface area contributed by atoms with Gasteiger partial charge in [-0.25, -0.2) is 0 Å². The summed E-state index contributed by atoms with van der Waals surface area (Å²) in [6.45, 7) is 0.658. The number of nitrogens with zero attached hydrogens (tertiary/aromatic N) is 4. The lowest BCUT2D eigenvalue weighted by molar-refractivity contribution is 0.325. The molecular weight excluding hydrogens is 351 g/mol. The lowest BCUT2D eigenvalue weighted by Crippen LogP contribution is -2.37. The van der Waals surface area contributed by atoms with Crippen LogP contribution in [0.2, 0.25) is 0 Å². The second-order valence-corrected chi connectivity index (χ2v) is 9.33. The minimum absolute atomic E-state index is 0.0975. The van der Waals surface area contributed by atoms with Crippen LogP contribution in [0.3, 0.4) is 0 Å². The molecule has 1 rings (SSSR count). The monoisotopic (exact) mass is 358 g/mol. The SMILES string of the molecule is O=S(=O)(Cl)Cl.[N-]=[N+]=NC1CCN(S(=O)(=O)Cl)CC1. The van der Waals surface area contributed by atoms with Gasteiger partial charge in [-0.3, -0.25) is 0 Å². The van der Waals surface area contributed by atoms with Crippen LogP contribution in [0, 0.1) is 0 Å². The van der Waals surface area contributed by atoms with Crippen molar-refractivity contribution in [2.75, 3.05) is 13.1 Å². The standard InChI is InChI=1S/C5H9ClN4O2S.Cl2O2S/c6-13(11,12)10-3-1-5(2-4-10)8-9-7;1-5(2,3)4/h5H,1-4H2;. The molecule has 0 aromatic heterocycles. The van der Waals surface area contributed by atoms with Gasteiger partial charge >= 0.3 is 8.26 Å². The number of halogens is 3. The number of piperidine rings is 1. The summed E-state index contributed by atoms with van der Waals surface area (Å²) in [4.78, 5) is 2.67. The Morgan fingerprint density at radius 3 is 1.78 bits per heavy atom. The van der Waals surface area contributed by atoms with Crippen molar-refractivity contribution in [3.8, 4) is 0 Å². The Morgan fingerprint density at radius 2 is 1.50 bits per heavy atom. The van der Waals surface area contributed by atoms with Crippen molar-refractivity contribution in [2.24, 2.45) is 5.11 Å². The van der Waals surface area contributed by atoms with E-state index in [1.165, 1.54) is 4.31 Å². The van der Waals surface area contributed by atoms with Crippen molar-refractivity contribution >= 4 is 49.5 Å². The Kier molecular flexibility index (Phi) is 7.60. The average Bonchev–Trinajstić information content (AvgIpc) is 2.15. The lowest BCUT2D eigenvalue weighted by atomic mass is 10.1. The van der Waals surface area contributed by atoms with Gasteiger partial charge in [-0.2, -0.15) is 21.1 Å². The second kappa shape index (κ2) is 7.59. The van der Waals surface area contributed by atoms with Crippen molar-refractivity contribution in [2.45, 2.75) is 18.9 Å². The molecule has 0 amide bonds. The fourth-order valence-electron chi connectivity index (χ4n) is 1.25. The van der Waals surface area contributed by atoms with E-state index in [0.29, 0.717) is 25.9 Å². The van der Waals surface area contributed by atoms with Gasteiger partial charge in [0.1, 0.15) is 0 Å². The van der Waals surface area contributed by atoms with Crippen molar-refractivity contribution in [1.82, 2.24) is 4.31 Å². The van der Waals surface area contributed by atoms with Crippen LogP contribution >= 0.6 is 32.0 Å². The molecule has 1 saturated heterocycles. The summed E-state index contributed by atoms with van der Waals surface area (Å²) in [5, 5.41) is 3.52. The first kappa shape index (κ1) is 18.0. The van der Waals surface area contributed by atoms with E-state index in [2.05, 4.69) is 31.4 Å². The third-order valence-corrected chi connectivity index (χ3v) is 3.51. The van der Waals surface area contributed by atoms with Crippen molar-refractivity contribution in [1.29, 1.82) is 0 Å². The highest BCUT2D eigenvalue weighted by molar-refractivity contribution is 8.31. The quantitative estimate of drug-likeness (QED) is 0.324. The summed E-state index contributed by atoms with van der Waals surface area (Å²) >= 11 is 0. The smallest absolute Gasteiger partial charge is 0.195 e. The Balaban J connectivity index is 0.000000494. The zero-order chi connectivity index (χ0) is 14.4. The van der Waals surface area contributed by atoms with E-state index in [4.69, 9.17) is 24.6 Å². The van der Waals surface area contributed by atoms with Gasteiger partial charge < -0.3 is 0 Å². The van der Waals surface area contributed by atoms with Crippen LogP contribution < -0.4 is 0 Å². The topological polar surface area (TPSA) is 120 Å². The zero-order valence-electron chi connectivity index (χ0n) is 8.78. The largest absolute Gasteiger partial charge is 0.317 e. The van der Waals surface area contributed by atoms with Gasteiger partial charge in [0.2, 0.25) is 0 Å². The molecule has 0 atom stereocenters. The molecule has 0 aromatic carbocycles. The Labute approximate surface area is 118 Å². The molecule has 1 heterocycles. The number of hydrogen-bond acceptors (Lipinski definition) is 5. The maximum Gasteiger partial charge on any atom is 0.317 e. The minimum Gasteiger partial charge on any atom is -0.195 e. The maximum atomic E-state index is 10.8. The summed E-state index contributed by atoms with van der Waals surface area (Å²) in [6, 6.07) is -0.0975. The van der Waals surface area contributed by atoms with Gasteiger partial charge in [-0.05, 0) is 18.4 Å².